The molecule has 0 atom stereocenters. The van der Waals surface area contributed by atoms with E-state index in [-0.39, 0.29) is 0 Å². The summed E-state index contributed by atoms with van der Waals surface area (Å²) in [5, 5.41) is 3.30. The van der Waals surface area contributed by atoms with Gasteiger partial charge in [-0.1, -0.05) is 19.1 Å². The summed E-state index contributed by atoms with van der Waals surface area (Å²) in [5.74, 6) is 2.40. The lowest BCUT2D eigenvalue weighted by molar-refractivity contribution is 1.10. The van der Waals surface area contributed by atoms with E-state index < -0.39 is 0 Å². The van der Waals surface area contributed by atoms with Crippen LogP contribution in [0.5, 0.6) is 0 Å². The average Bonchev–Trinajstić information content (AvgIpc) is 2.21. The van der Waals surface area contributed by atoms with E-state index in [1.165, 1.54) is 23.4 Å². The second-order valence-electron chi connectivity index (χ2n) is 3.28. The van der Waals surface area contributed by atoms with Crippen molar-refractivity contribution in [2.45, 2.75) is 26.0 Å². The van der Waals surface area contributed by atoms with Crippen molar-refractivity contribution >= 4 is 17.4 Å². The molecule has 1 N–H and O–H groups in total. The van der Waals surface area contributed by atoms with Crippen LogP contribution >= 0.6 is 11.8 Å². The fraction of sp³-hybridized carbons (Fsp3) is 0.500. The highest BCUT2D eigenvalue weighted by Crippen LogP contribution is 2.15. The molecule has 0 saturated carbocycles. The van der Waals surface area contributed by atoms with E-state index in [1.807, 2.05) is 11.8 Å². The Hall–Kier alpha value is -0.630. The summed E-state index contributed by atoms with van der Waals surface area (Å²) in [5.41, 5.74) is 2.64. The molecule has 1 aromatic rings. The molecule has 0 fully saturated rings. The zero-order valence-corrected chi connectivity index (χ0v) is 9.86. The molecule has 1 aromatic carbocycles. The molecule has 0 amide bonds. The van der Waals surface area contributed by atoms with Crippen LogP contribution in [0, 0.1) is 0 Å². The van der Waals surface area contributed by atoms with Crippen LogP contribution in [-0.2, 0) is 5.75 Å². The summed E-state index contributed by atoms with van der Waals surface area (Å²) in [7, 11) is 0. The van der Waals surface area contributed by atoms with Gasteiger partial charge in [-0.05, 0) is 36.8 Å². The summed E-state index contributed by atoms with van der Waals surface area (Å²) in [4.78, 5) is 0. The van der Waals surface area contributed by atoms with Gasteiger partial charge in [0, 0.05) is 18.0 Å². The van der Waals surface area contributed by atoms with Gasteiger partial charge in [-0.2, -0.15) is 11.8 Å². The van der Waals surface area contributed by atoms with E-state index >= 15 is 0 Å². The molecular weight excluding hydrogens is 190 g/mol. The van der Waals surface area contributed by atoms with Gasteiger partial charge in [0.2, 0.25) is 0 Å². The minimum Gasteiger partial charge on any atom is -0.385 e. The van der Waals surface area contributed by atoms with Gasteiger partial charge in [-0.3, -0.25) is 0 Å². The molecule has 0 saturated heterocycles. The first kappa shape index (κ1) is 11.4. The molecule has 2 heteroatoms. The molecule has 0 aliphatic rings. The maximum Gasteiger partial charge on any atom is 0.0340 e. The summed E-state index contributed by atoms with van der Waals surface area (Å²) in [6.45, 7) is 5.33. The van der Waals surface area contributed by atoms with Crippen LogP contribution in [0.25, 0.3) is 0 Å². The quantitative estimate of drug-likeness (QED) is 0.716. The Balaban J connectivity index is 2.38. The van der Waals surface area contributed by atoms with Gasteiger partial charge < -0.3 is 5.32 Å². The molecular formula is C12H19NS. The Morgan fingerprint density at radius 2 is 1.86 bits per heavy atom. The molecule has 0 unspecified atom stereocenters. The van der Waals surface area contributed by atoms with Gasteiger partial charge in [0.15, 0.2) is 0 Å². The van der Waals surface area contributed by atoms with Crippen LogP contribution in [0.3, 0.4) is 0 Å². The topological polar surface area (TPSA) is 12.0 Å². The van der Waals surface area contributed by atoms with Crippen LogP contribution < -0.4 is 5.32 Å². The largest absolute Gasteiger partial charge is 0.385 e. The second-order valence-corrected chi connectivity index (χ2v) is 4.39. The van der Waals surface area contributed by atoms with Crippen molar-refractivity contribution in [3.8, 4) is 0 Å². The summed E-state index contributed by atoms with van der Waals surface area (Å²) >= 11 is 2.01. The minimum absolute atomic E-state index is 0.990. The normalized spacial score (nSPS) is 10.1. The average molecular weight is 209 g/mol. The zero-order chi connectivity index (χ0) is 10.2. The van der Waals surface area contributed by atoms with Crippen molar-refractivity contribution in [1.29, 1.82) is 0 Å². The van der Waals surface area contributed by atoms with Gasteiger partial charge in [-0.15, -0.1) is 0 Å². The van der Waals surface area contributed by atoms with Crippen molar-refractivity contribution in [2.24, 2.45) is 0 Å². The van der Waals surface area contributed by atoms with E-state index in [0.717, 1.165) is 12.3 Å². The highest BCUT2D eigenvalue weighted by molar-refractivity contribution is 7.98. The third-order valence-corrected chi connectivity index (χ3v) is 3.19. The van der Waals surface area contributed by atoms with E-state index in [9.17, 15) is 0 Å². The second kappa shape index (κ2) is 6.77. The summed E-state index contributed by atoms with van der Waals surface area (Å²) < 4.78 is 0. The molecule has 0 spiro atoms. The maximum atomic E-state index is 3.30. The van der Waals surface area contributed by atoms with E-state index in [1.54, 1.807) is 0 Å². The minimum atomic E-state index is 0.990. The maximum absolute atomic E-state index is 3.30. The highest BCUT2D eigenvalue weighted by Gasteiger charge is 1.93. The van der Waals surface area contributed by atoms with Crippen molar-refractivity contribution in [3.05, 3.63) is 29.8 Å². The Kier molecular flexibility index (Phi) is 5.53. The van der Waals surface area contributed by atoms with Crippen molar-refractivity contribution in [1.82, 2.24) is 0 Å². The number of hydrogen-bond acceptors (Lipinski definition) is 2. The lowest BCUT2D eigenvalue weighted by atomic mass is 10.2. The fourth-order valence-corrected chi connectivity index (χ4v) is 2.12. The first-order valence-electron chi connectivity index (χ1n) is 5.27. The molecule has 14 heavy (non-hydrogen) atoms. The summed E-state index contributed by atoms with van der Waals surface area (Å²) in [6.07, 6.45) is 1.26. The molecule has 78 valence electrons. The first-order chi connectivity index (χ1) is 6.86. The number of benzene rings is 1. The molecule has 0 aliphatic heterocycles. The molecule has 0 aromatic heterocycles. The monoisotopic (exact) mass is 209 g/mol. The Morgan fingerprint density at radius 1 is 1.14 bits per heavy atom. The summed E-state index contributed by atoms with van der Waals surface area (Å²) in [6, 6.07) is 8.73. The zero-order valence-electron chi connectivity index (χ0n) is 9.05. The highest BCUT2D eigenvalue weighted by atomic mass is 32.2. The van der Waals surface area contributed by atoms with Crippen LogP contribution in [0.4, 0.5) is 5.69 Å². The predicted molar refractivity (Wildman–Crippen MR) is 67.1 cm³/mol. The standard InChI is InChI=1S/C12H19NS/c1-3-9-14-10-11-5-7-12(8-6-11)13-4-2/h5-8,13H,3-4,9-10H2,1-2H3. The third kappa shape index (κ3) is 4.05. The predicted octanol–water partition coefficient (Wildman–Crippen LogP) is 3.76. The smallest absolute Gasteiger partial charge is 0.0340 e. The Labute approximate surface area is 91.3 Å². The van der Waals surface area contributed by atoms with Crippen molar-refractivity contribution < 1.29 is 0 Å². The lowest BCUT2D eigenvalue weighted by Gasteiger charge is -2.04. The molecule has 0 aliphatic carbocycles. The molecule has 1 nitrogen and oxygen atoms in total. The van der Waals surface area contributed by atoms with Gasteiger partial charge in [0.05, 0.1) is 0 Å². The van der Waals surface area contributed by atoms with E-state index in [0.29, 0.717) is 0 Å². The SMILES string of the molecule is CCCSCc1ccc(NCC)cc1. The van der Waals surface area contributed by atoms with E-state index in [4.69, 9.17) is 0 Å². The first-order valence-corrected chi connectivity index (χ1v) is 6.42. The number of nitrogens with one attached hydrogen (secondary N) is 1. The lowest BCUT2D eigenvalue weighted by Crippen LogP contribution is -1.95. The van der Waals surface area contributed by atoms with Crippen LogP contribution in [0.1, 0.15) is 25.8 Å². The van der Waals surface area contributed by atoms with Gasteiger partial charge >= 0.3 is 0 Å². The van der Waals surface area contributed by atoms with Gasteiger partial charge in [-0.25, -0.2) is 0 Å². The van der Waals surface area contributed by atoms with Gasteiger partial charge in [0.1, 0.15) is 0 Å². The number of hydrogen-bond donors (Lipinski definition) is 1. The van der Waals surface area contributed by atoms with Crippen LogP contribution in [0.2, 0.25) is 0 Å². The van der Waals surface area contributed by atoms with Crippen LogP contribution in [0.15, 0.2) is 24.3 Å². The van der Waals surface area contributed by atoms with Crippen molar-refractivity contribution in [3.63, 3.8) is 0 Å². The number of thioether (sulfide) groups is 1. The molecule has 0 radical (unpaired) electrons. The van der Waals surface area contributed by atoms with E-state index in [2.05, 4.69) is 43.4 Å². The molecule has 0 bridgehead atoms. The molecule has 0 heterocycles. The third-order valence-electron chi connectivity index (χ3n) is 1.95. The van der Waals surface area contributed by atoms with Crippen LogP contribution in [-0.4, -0.2) is 12.3 Å². The number of anilines is 1. The Morgan fingerprint density at radius 3 is 2.43 bits per heavy atom. The van der Waals surface area contributed by atoms with Gasteiger partial charge in [0.25, 0.3) is 0 Å². The Bertz CT molecular complexity index is 243. The number of rotatable bonds is 6. The van der Waals surface area contributed by atoms with Crippen molar-refractivity contribution in [2.75, 3.05) is 17.6 Å². The fourth-order valence-electron chi connectivity index (χ4n) is 1.26. The molecule has 1 rings (SSSR count).